The summed E-state index contributed by atoms with van der Waals surface area (Å²) in [5, 5.41) is 10.6. The maximum atomic E-state index is 10.6. The first-order valence-electron chi connectivity index (χ1n) is 5.97. The highest BCUT2D eigenvalue weighted by atomic mass is 79.9. The van der Waals surface area contributed by atoms with Crippen LogP contribution in [0.3, 0.4) is 0 Å². The summed E-state index contributed by atoms with van der Waals surface area (Å²) in [6, 6.07) is 6.90. The van der Waals surface area contributed by atoms with Crippen molar-refractivity contribution in [2.75, 3.05) is 7.11 Å². The molecule has 1 unspecified atom stereocenters. The Morgan fingerprint density at radius 2 is 1.90 bits per heavy atom. The standard InChI is InChI=1S/C14H14BrNO4/c1-8-6-10(7-9(2)14(8)19-3)13(15)11-4-5-12(20-11)16(17)18/h4-7,13H,1-3H3. The molecule has 1 heterocycles. The molecule has 2 rings (SSSR count). The van der Waals surface area contributed by atoms with Gasteiger partial charge in [-0.2, -0.15) is 0 Å². The predicted octanol–water partition coefficient (Wildman–Crippen LogP) is 4.30. The van der Waals surface area contributed by atoms with Gasteiger partial charge in [0.05, 0.1) is 18.0 Å². The summed E-state index contributed by atoms with van der Waals surface area (Å²) < 4.78 is 10.5. The van der Waals surface area contributed by atoms with Crippen LogP contribution in [0, 0.1) is 24.0 Å². The highest BCUT2D eigenvalue weighted by Gasteiger charge is 2.20. The Balaban J connectivity index is 2.37. The van der Waals surface area contributed by atoms with Gasteiger partial charge in [-0.3, -0.25) is 10.1 Å². The maximum Gasteiger partial charge on any atom is 0.433 e. The van der Waals surface area contributed by atoms with Crippen LogP contribution in [0.25, 0.3) is 0 Å². The molecule has 0 saturated carbocycles. The molecule has 1 atom stereocenters. The fraction of sp³-hybridized carbons (Fsp3) is 0.286. The highest BCUT2D eigenvalue weighted by molar-refractivity contribution is 9.09. The Kier molecular flexibility index (Phi) is 4.13. The first-order valence-corrected chi connectivity index (χ1v) is 6.89. The van der Waals surface area contributed by atoms with Gasteiger partial charge in [0.25, 0.3) is 0 Å². The molecular formula is C14H14BrNO4. The zero-order valence-electron chi connectivity index (χ0n) is 11.3. The van der Waals surface area contributed by atoms with Crippen molar-refractivity contribution in [1.29, 1.82) is 0 Å². The number of halogens is 1. The molecule has 20 heavy (non-hydrogen) atoms. The number of furan rings is 1. The summed E-state index contributed by atoms with van der Waals surface area (Å²) in [5.74, 6) is 1.09. The van der Waals surface area contributed by atoms with Crippen LogP contribution in [0.5, 0.6) is 5.75 Å². The van der Waals surface area contributed by atoms with E-state index in [1.165, 1.54) is 6.07 Å². The molecule has 106 valence electrons. The zero-order valence-corrected chi connectivity index (χ0v) is 12.9. The minimum atomic E-state index is -0.548. The van der Waals surface area contributed by atoms with E-state index in [-0.39, 0.29) is 10.7 Å². The monoisotopic (exact) mass is 339 g/mol. The first-order chi connectivity index (χ1) is 9.43. The largest absolute Gasteiger partial charge is 0.496 e. The van der Waals surface area contributed by atoms with Gasteiger partial charge in [-0.1, -0.05) is 28.1 Å². The van der Waals surface area contributed by atoms with E-state index in [0.717, 1.165) is 22.4 Å². The van der Waals surface area contributed by atoms with Gasteiger partial charge in [0, 0.05) is 0 Å². The number of ether oxygens (including phenoxy) is 1. The van der Waals surface area contributed by atoms with Crippen molar-refractivity contribution >= 4 is 21.8 Å². The summed E-state index contributed by atoms with van der Waals surface area (Å²) in [7, 11) is 1.64. The fourth-order valence-corrected chi connectivity index (χ4v) is 2.70. The molecule has 0 radical (unpaired) electrons. The zero-order chi connectivity index (χ0) is 14.9. The predicted molar refractivity (Wildman–Crippen MR) is 78.6 cm³/mol. The second-order valence-electron chi connectivity index (χ2n) is 4.48. The van der Waals surface area contributed by atoms with E-state index < -0.39 is 4.92 Å². The number of nitrogens with zero attached hydrogens (tertiary/aromatic N) is 1. The Bertz CT molecular complexity index is 627. The van der Waals surface area contributed by atoms with Gasteiger partial charge in [0.1, 0.15) is 16.4 Å². The first kappa shape index (κ1) is 14.6. The minimum absolute atomic E-state index is 0.237. The Hall–Kier alpha value is -1.82. The van der Waals surface area contributed by atoms with Crippen molar-refractivity contribution in [3.63, 3.8) is 0 Å². The van der Waals surface area contributed by atoms with Crippen LogP contribution in [0.4, 0.5) is 5.88 Å². The van der Waals surface area contributed by atoms with Crippen LogP contribution in [-0.4, -0.2) is 12.0 Å². The molecule has 2 aromatic rings. The summed E-state index contributed by atoms with van der Waals surface area (Å²) in [6.07, 6.45) is 0. The number of alkyl halides is 1. The number of nitro groups is 1. The smallest absolute Gasteiger partial charge is 0.433 e. The molecule has 1 aromatic carbocycles. The van der Waals surface area contributed by atoms with E-state index in [9.17, 15) is 10.1 Å². The minimum Gasteiger partial charge on any atom is -0.496 e. The molecule has 1 aromatic heterocycles. The van der Waals surface area contributed by atoms with Crippen molar-refractivity contribution in [3.8, 4) is 5.75 Å². The van der Waals surface area contributed by atoms with Gasteiger partial charge >= 0.3 is 5.88 Å². The third kappa shape index (κ3) is 2.70. The average molecular weight is 340 g/mol. The lowest BCUT2D eigenvalue weighted by Gasteiger charge is -2.13. The summed E-state index contributed by atoms with van der Waals surface area (Å²) in [6.45, 7) is 3.92. The molecule has 0 aliphatic rings. The van der Waals surface area contributed by atoms with Crippen molar-refractivity contribution in [2.45, 2.75) is 18.7 Å². The lowest BCUT2D eigenvalue weighted by molar-refractivity contribution is -0.402. The van der Waals surface area contributed by atoms with E-state index in [1.807, 2.05) is 26.0 Å². The molecular weight excluding hydrogens is 326 g/mol. The van der Waals surface area contributed by atoms with Crippen LogP contribution in [-0.2, 0) is 0 Å². The molecule has 0 aliphatic heterocycles. The van der Waals surface area contributed by atoms with E-state index >= 15 is 0 Å². The molecule has 0 fully saturated rings. The van der Waals surface area contributed by atoms with E-state index in [1.54, 1.807) is 13.2 Å². The molecule has 0 saturated heterocycles. The third-order valence-corrected chi connectivity index (χ3v) is 4.00. The number of rotatable bonds is 4. The summed E-state index contributed by atoms with van der Waals surface area (Å²) >= 11 is 3.51. The maximum absolute atomic E-state index is 10.6. The molecule has 0 spiro atoms. The van der Waals surface area contributed by atoms with Crippen molar-refractivity contribution < 1.29 is 14.1 Å². The molecule has 6 heteroatoms. The second kappa shape index (κ2) is 5.66. The number of benzene rings is 1. The number of hydrogen-bond acceptors (Lipinski definition) is 4. The lowest BCUT2D eigenvalue weighted by atomic mass is 10.0. The van der Waals surface area contributed by atoms with Crippen LogP contribution >= 0.6 is 15.9 Å². The van der Waals surface area contributed by atoms with Crippen LogP contribution < -0.4 is 4.74 Å². The third-order valence-electron chi connectivity index (χ3n) is 3.02. The van der Waals surface area contributed by atoms with Gasteiger partial charge in [0.2, 0.25) is 0 Å². The SMILES string of the molecule is COc1c(C)cc(C(Br)c2ccc([N+](=O)[O-])o2)cc1C. The van der Waals surface area contributed by atoms with Gasteiger partial charge in [0.15, 0.2) is 0 Å². The van der Waals surface area contributed by atoms with Gasteiger partial charge in [-0.15, -0.1) is 0 Å². The number of methoxy groups -OCH3 is 1. The van der Waals surface area contributed by atoms with Gasteiger partial charge < -0.3 is 9.15 Å². The van der Waals surface area contributed by atoms with Crippen molar-refractivity contribution in [1.82, 2.24) is 0 Å². The Labute approximate surface area is 124 Å². The molecule has 0 aliphatic carbocycles. The number of aryl methyl sites for hydroxylation is 2. The fourth-order valence-electron chi connectivity index (χ4n) is 2.19. The lowest BCUT2D eigenvalue weighted by Crippen LogP contribution is -1.97. The summed E-state index contributed by atoms with van der Waals surface area (Å²) in [5.41, 5.74) is 2.98. The van der Waals surface area contributed by atoms with Gasteiger partial charge in [-0.25, -0.2) is 0 Å². The quantitative estimate of drug-likeness (QED) is 0.473. The normalized spacial score (nSPS) is 12.2. The van der Waals surface area contributed by atoms with E-state index in [0.29, 0.717) is 5.76 Å². The molecule has 5 nitrogen and oxygen atoms in total. The van der Waals surface area contributed by atoms with Crippen LogP contribution in [0.1, 0.15) is 27.3 Å². The molecule has 0 bridgehead atoms. The summed E-state index contributed by atoms with van der Waals surface area (Å²) in [4.78, 5) is 9.86. The molecule has 0 amide bonds. The van der Waals surface area contributed by atoms with Crippen LogP contribution in [0.2, 0.25) is 0 Å². The second-order valence-corrected chi connectivity index (χ2v) is 5.40. The van der Waals surface area contributed by atoms with Crippen molar-refractivity contribution in [3.05, 3.63) is 56.8 Å². The van der Waals surface area contributed by atoms with Gasteiger partial charge in [-0.05, 0) is 36.6 Å². The number of hydrogen-bond donors (Lipinski definition) is 0. The highest BCUT2D eigenvalue weighted by Crippen LogP contribution is 2.36. The van der Waals surface area contributed by atoms with E-state index in [4.69, 9.17) is 9.15 Å². The topological polar surface area (TPSA) is 65.5 Å². The average Bonchev–Trinajstić information content (AvgIpc) is 2.87. The van der Waals surface area contributed by atoms with Crippen molar-refractivity contribution in [2.24, 2.45) is 0 Å². The Morgan fingerprint density at radius 3 is 2.35 bits per heavy atom. The molecule has 0 N–H and O–H groups in total. The Morgan fingerprint density at radius 1 is 1.30 bits per heavy atom. The van der Waals surface area contributed by atoms with Crippen LogP contribution in [0.15, 0.2) is 28.7 Å². The van der Waals surface area contributed by atoms with E-state index in [2.05, 4.69) is 15.9 Å².